The summed E-state index contributed by atoms with van der Waals surface area (Å²) in [6, 6.07) is 7.14. The summed E-state index contributed by atoms with van der Waals surface area (Å²) in [7, 11) is 0. The maximum Gasteiger partial charge on any atom is 0.251 e. The van der Waals surface area contributed by atoms with E-state index in [0.29, 0.717) is 18.7 Å². The molecule has 1 saturated heterocycles. The van der Waals surface area contributed by atoms with Gasteiger partial charge >= 0.3 is 0 Å². The van der Waals surface area contributed by atoms with E-state index in [0.717, 1.165) is 45.0 Å². The molecular weight excluding hydrogens is 280 g/mol. The van der Waals surface area contributed by atoms with E-state index < -0.39 is 0 Å². The highest BCUT2D eigenvalue weighted by atomic mass is 16.5. The Morgan fingerprint density at radius 3 is 2.73 bits per heavy atom. The molecule has 0 unspecified atom stereocenters. The van der Waals surface area contributed by atoms with Crippen molar-refractivity contribution in [2.45, 2.75) is 6.42 Å². The fraction of sp³-hybridized carbons (Fsp3) is 0.471. The van der Waals surface area contributed by atoms with E-state index in [1.54, 1.807) is 30.3 Å². The standard InChI is InChI=1S/C17H24N2O3/c1-2-12-22-16-6-4-15(5-7-16)17(20)18-8-3-9-19-10-13-21-14-11-19/h2,4-7H,1,3,8-14H2,(H,18,20). The number of ether oxygens (including phenoxy) is 2. The third kappa shape index (κ3) is 5.50. The quantitative estimate of drug-likeness (QED) is 0.587. The third-order valence-electron chi connectivity index (χ3n) is 3.52. The molecule has 0 saturated carbocycles. The molecule has 1 amide bonds. The summed E-state index contributed by atoms with van der Waals surface area (Å²) < 4.78 is 10.7. The lowest BCUT2D eigenvalue weighted by Gasteiger charge is -2.26. The summed E-state index contributed by atoms with van der Waals surface area (Å²) in [4.78, 5) is 14.4. The lowest BCUT2D eigenvalue weighted by Crippen LogP contribution is -2.38. The Balaban J connectivity index is 1.66. The summed E-state index contributed by atoms with van der Waals surface area (Å²) in [6.07, 6.45) is 2.64. The van der Waals surface area contributed by atoms with Gasteiger partial charge in [-0.3, -0.25) is 9.69 Å². The van der Waals surface area contributed by atoms with E-state index in [1.165, 1.54) is 0 Å². The van der Waals surface area contributed by atoms with Crippen LogP contribution in [0.3, 0.4) is 0 Å². The van der Waals surface area contributed by atoms with E-state index >= 15 is 0 Å². The predicted molar refractivity (Wildman–Crippen MR) is 86.3 cm³/mol. The van der Waals surface area contributed by atoms with Gasteiger partial charge in [-0.05, 0) is 37.2 Å². The zero-order chi connectivity index (χ0) is 15.6. The summed E-state index contributed by atoms with van der Waals surface area (Å²) in [6.45, 7) is 9.34. The van der Waals surface area contributed by atoms with Crippen molar-refractivity contribution < 1.29 is 14.3 Å². The Labute approximate surface area is 131 Å². The van der Waals surface area contributed by atoms with Gasteiger partial charge in [0.25, 0.3) is 5.91 Å². The lowest BCUT2D eigenvalue weighted by atomic mass is 10.2. The first-order valence-electron chi connectivity index (χ1n) is 7.71. The lowest BCUT2D eigenvalue weighted by molar-refractivity contribution is 0.0374. The predicted octanol–water partition coefficient (Wildman–Crippen LogP) is 1.70. The zero-order valence-electron chi connectivity index (χ0n) is 12.9. The maximum atomic E-state index is 12.0. The largest absolute Gasteiger partial charge is 0.490 e. The Morgan fingerprint density at radius 1 is 1.32 bits per heavy atom. The first kappa shape index (κ1) is 16.5. The molecule has 120 valence electrons. The van der Waals surface area contributed by atoms with Gasteiger partial charge in [0.15, 0.2) is 0 Å². The van der Waals surface area contributed by atoms with E-state index in [9.17, 15) is 4.79 Å². The second-order valence-electron chi connectivity index (χ2n) is 5.19. The van der Waals surface area contributed by atoms with Crippen LogP contribution in [-0.4, -0.2) is 56.8 Å². The van der Waals surface area contributed by atoms with Gasteiger partial charge in [-0.1, -0.05) is 12.7 Å². The first-order valence-corrected chi connectivity index (χ1v) is 7.71. The molecule has 22 heavy (non-hydrogen) atoms. The van der Waals surface area contributed by atoms with Crippen molar-refractivity contribution in [1.82, 2.24) is 10.2 Å². The molecule has 1 aromatic carbocycles. The number of benzene rings is 1. The number of nitrogens with zero attached hydrogens (tertiary/aromatic N) is 1. The van der Waals surface area contributed by atoms with Crippen molar-refractivity contribution in [1.29, 1.82) is 0 Å². The van der Waals surface area contributed by atoms with Crippen LogP contribution in [0.1, 0.15) is 16.8 Å². The molecule has 1 N–H and O–H groups in total. The normalized spacial score (nSPS) is 15.3. The van der Waals surface area contributed by atoms with Crippen molar-refractivity contribution in [2.24, 2.45) is 0 Å². The summed E-state index contributed by atoms with van der Waals surface area (Å²) in [5, 5.41) is 2.95. The van der Waals surface area contributed by atoms with Gasteiger partial charge in [-0.2, -0.15) is 0 Å². The number of carbonyl (C=O) groups is 1. The first-order chi connectivity index (χ1) is 10.8. The van der Waals surface area contributed by atoms with Gasteiger partial charge in [-0.15, -0.1) is 0 Å². The molecule has 0 aliphatic carbocycles. The molecule has 0 spiro atoms. The van der Waals surface area contributed by atoms with Crippen LogP contribution >= 0.6 is 0 Å². The molecule has 1 aliphatic rings. The van der Waals surface area contributed by atoms with Crippen LogP contribution < -0.4 is 10.1 Å². The minimum atomic E-state index is -0.0442. The summed E-state index contributed by atoms with van der Waals surface area (Å²) >= 11 is 0. The van der Waals surface area contributed by atoms with Gasteiger partial charge in [0.05, 0.1) is 13.2 Å². The van der Waals surface area contributed by atoms with Crippen LogP contribution in [-0.2, 0) is 4.74 Å². The zero-order valence-corrected chi connectivity index (χ0v) is 12.9. The van der Waals surface area contributed by atoms with Crippen molar-refractivity contribution in [3.8, 4) is 5.75 Å². The minimum absolute atomic E-state index is 0.0442. The van der Waals surface area contributed by atoms with Crippen LogP contribution in [0.4, 0.5) is 0 Å². The molecule has 0 radical (unpaired) electrons. The minimum Gasteiger partial charge on any atom is -0.490 e. The highest BCUT2D eigenvalue weighted by molar-refractivity contribution is 5.94. The molecule has 0 bridgehead atoms. The number of hydrogen-bond donors (Lipinski definition) is 1. The SMILES string of the molecule is C=CCOc1ccc(C(=O)NCCCN2CCOCC2)cc1. The Kier molecular flexibility index (Phi) is 6.93. The highest BCUT2D eigenvalue weighted by Crippen LogP contribution is 2.12. The number of hydrogen-bond acceptors (Lipinski definition) is 4. The number of amides is 1. The van der Waals surface area contributed by atoms with Crippen LogP contribution in [0.25, 0.3) is 0 Å². The van der Waals surface area contributed by atoms with Crippen LogP contribution in [0.15, 0.2) is 36.9 Å². The van der Waals surface area contributed by atoms with Gasteiger partial charge in [-0.25, -0.2) is 0 Å². The fourth-order valence-corrected chi connectivity index (χ4v) is 2.29. The Morgan fingerprint density at radius 2 is 2.05 bits per heavy atom. The van der Waals surface area contributed by atoms with Gasteiger partial charge in [0.2, 0.25) is 0 Å². The van der Waals surface area contributed by atoms with Gasteiger partial charge < -0.3 is 14.8 Å². The molecule has 0 atom stereocenters. The molecule has 5 nitrogen and oxygen atoms in total. The van der Waals surface area contributed by atoms with Gasteiger partial charge in [0.1, 0.15) is 12.4 Å². The van der Waals surface area contributed by atoms with Crippen LogP contribution in [0, 0.1) is 0 Å². The molecule has 0 aromatic heterocycles. The number of nitrogens with one attached hydrogen (secondary N) is 1. The summed E-state index contributed by atoms with van der Waals surface area (Å²) in [5.74, 6) is 0.695. The van der Waals surface area contributed by atoms with Crippen LogP contribution in [0.5, 0.6) is 5.75 Å². The smallest absolute Gasteiger partial charge is 0.251 e. The average Bonchev–Trinajstić information content (AvgIpc) is 2.58. The van der Waals surface area contributed by atoms with E-state index in [4.69, 9.17) is 9.47 Å². The second kappa shape index (κ2) is 9.23. The van der Waals surface area contributed by atoms with Crippen molar-refractivity contribution in [2.75, 3.05) is 46.0 Å². The number of rotatable bonds is 8. The van der Waals surface area contributed by atoms with Gasteiger partial charge in [0, 0.05) is 25.2 Å². The molecular formula is C17H24N2O3. The number of carbonyl (C=O) groups excluding carboxylic acids is 1. The average molecular weight is 304 g/mol. The van der Waals surface area contributed by atoms with E-state index in [2.05, 4.69) is 16.8 Å². The molecule has 1 aliphatic heterocycles. The second-order valence-corrected chi connectivity index (χ2v) is 5.19. The highest BCUT2D eigenvalue weighted by Gasteiger charge is 2.10. The molecule has 1 aromatic rings. The van der Waals surface area contributed by atoms with Crippen LogP contribution in [0.2, 0.25) is 0 Å². The van der Waals surface area contributed by atoms with Crippen molar-refractivity contribution in [3.63, 3.8) is 0 Å². The molecule has 1 fully saturated rings. The Hall–Kier alpha value is -1.85. The van der Waals surface area contributed by atoms with Crippen molar-refractivity contribution in [3.05, 3.63) is 42.5 Å². The fourth-order valence-electron chi connectivity index (χ4n) is 2.29. The maximum absolute atomic E-state index is 12.0. The van der Waals surface area contributed by atoms with Crippen molar-refractivity contribution >= 4 is 5.91 Å². The molecule has 5 heteroatoms. The molecule has 1 heterocycles. The third-order valence-corrected chi connectivity index (χ3v) is 3.52. The summed E-state index contributed by atoms with van der Waals surface area (Å²) in [5.41, 5.74) is 0.650. The topological polar surface area (TPSA) is 50.8 Å². The molecule has 2 rings (SSSR count). The van der Waals surface area contributed by atoms with E-state index in [1.807, 2.05) is 0 Å². The Bertz CT molecular complexity index is 467. The monoisotopic (exact) mass is 304 g/mol. The van der Waals surface area contributed by atoms with E-state index in [-0.39, 0.29) is 5.91 Å². The number of morpholine rings is 1.